The second kappa shape index (κ2) is 5.06. The van der Waals surface area contributed by atoms with Gasteiger partial charge < -0.3 is 0 Å². The molecule has 0 saturated carbocycles. The Morgan fingerprint density at radius 3 is 2.67 bits per heavy atom. The van der Waals surface area contributed by atoms with E-state index in [-0.39, 0.29) is 5.92 Å². The van der Waals surface area contributed by atoms with Crippen molar-refractivity contribution in [2.24, 2.45) is 0 Å². The van der Waals surface area contributed by atoms with Crippen molar-refractivity contribution in [3.63, 3.8) is 0 Å². The Labute approximate surface area is 112 Å². The molecule has 0 amide bonds. The molecule has 0 aliphatic heterocycles. The van der Waals surface area contributed by atoms with Crippen LogP contribution in [0.4, 0.5) is 0 Å². The molecule has 0 aromatic carbocycles. The fourth-order valence-electron chi connectivity index (χ4n) is 1.78. The van der Waals surface area contributed by atoms with Crippen LogP contribution in [0.1, 0.15) is 43.9 Å². The van der Waals surface area contributed by atoms with Crippen LogP contribution in [0.5, 0.6) is 0 Å². The molecule has 2 aromatic rings. The van der Waals surface area contributed by atoms with Gasteiger partial charge in [0.1, 0.15) is 22.6 Å². The highest BCUT2D eigenvalue weighted by Gasteiger charge is 2.14. The van der Waals surface area contributed by atoms with E-state index >= 15 is 0 Å². The molecule has 2 aromatic heterocycles. The van der Waals surface area contributed by atoms with E-state index < -0.39 is 0 Å². The van der Waals surface area contributed by atoms with E-state index in [4.69, 9.17) is 11.6 Å². The van der Waals surface area contributed by atoms with E-state index in [1.165, 1.54) is 0 Å². The number of aryl methyl sites for hydroxylation is 1. The lowest BCUT2D eigenvalue weighted by atomic mass is 10.2. The van der Waals surface area contributed by atoms with Gasteiger partial charge in [-0.25, -0.2) is 15.0 Å². The average molecular weight is 265 g/mol. The fraction of sp³-hybridized carbons (Fsp3) is 0.462. The number of nitrogens with zero attached hydrogens (tertiary/aromatic N) is 4. The normalized spacial score (nSPS) is 11.2. The number of aromatic nitrogens is 4. The summed E-state index contributed by atoms with van der Waals surface area (Å²) in [6, 6.07) is 0. The molecule has 18 heavy (non-hydrogen) atoms. The summed E-state index contributed by atoms with van der Waals surface area (Å²) in [5.41, 5.74) is 0.883. The summed E-state index contributed by atoms with van der Waals surface area (Å²) in [7, 11) is 0. The van der Waals surface area contributed by atoms with Crippen molar-refractivity contribution in [1.82, 2.24) is 19.5 Å². The zero-order chi connectivity index (χ0) is 13.3. The zero-order valence-electron chi connectivity index (χ0n) is 11.1. The van der Waals surface area contributed by atoms with Crippen molar-refractivity contribution < 1.29 is 0 Å². The van der Waals surface area contributed by atoms with E-state index in [1.807, 2.05) is 17.7 Å². The summed E-state index contributed by atoms with van der Waals surface area (Å²) < 4.78 is 1.98. The van der Waals surface area contributed by atoms with E-state index in [2.05, 4.69) is 35.7 Å². The van der Waals surface area contributed by atoms with Gasteiger partial charge in [0.25, 0.3) is 0 Å². The highest BCUT2D eigenvalue weighted by molar-refractivity contribution is 6.30. The highest BCUT2D eigenvalue weighted by Crippen LogP contribution is 2.23. The predicted molar refractivity (Wildman–Crippen MR) is 72.4 cm³/mol. The van der Waals surface area contributed by atoms with Crippen LogP contribution in [-0.4, -0.2) is 19.5 Å². The number of imidazole rings is 1. The van der Waals surface area contributed by atoms with Crippen molar-refractivity contribution in [3.8, 4) is 5.82 Å². The largest absolute Gasteiger partial charge is 0.288 e. The minimum Gasteiger partial charge on any atom is -0.288 e. The van der Waals surface area contributed by atoms with Crippen LogP contribution in [0, 0.1) is 6.92 Å². The van der Waals surface area contributed by atoms with Crippen molar-refractivity contribution in [1.29, 1.82) is 0 Å². The molecule has 4 nitrogen and oxygen atoms in total. The highest BCUT2D eigenvalue weighted by atomic mass is 35.5. The van der Waals surface area contributed by atoms with Crippen LogP contribution in [-0.2, 0) is 6.42 Å². The van der Waals surface area contributed by atoms with Gasteiger partial charge in [0.15, 0.2) is 0 Å². The van der Waals surface area contributed by atoms with Gasteiger partial charge >= 0.3 is 0 Å². The van der Waals surface area contributed by atoms with Crippen LogP contribution in [0.25, 0.3) is 5.82 Å². The second-order valence-electron chi connectivity index (χ2n) is 4.54. The maximum absolute atomic E-state index is 6.19. The molecule has 0 spiro atoms. The fourth-order valence-corrected chi connectivity index (χ4v) is 1.95. The topological polar surface area (TPSA) is 43.6 Å². The predicted octanol–water partition coefficient (Wildman–Crippen LogP) is 3.31. The summed E-state index contributed by atoms with van der Waals surface area (Å²) >= 11 is 6.19. The molecule has 0 atom stereocenters. The molecule has 0 aliphatic rings. The monoisotopic (exact) mass is 264 g/mol. The summed E-state index contributed by atoms with van der Waals surface area (Å²) in [5, 5.41) is 0.513. The first-order valence-corrected chi connectivity index (χ1v) is 6.49. The summed E-state index contributed by atoms with van der Waals surface area (Å²) in [5.74, 6) is 2.81. The van der Waals surface area contributed by atoms with Crippen molar-refractivity contribution in [3.05, 3.63) is 34.8 Å². The molecule has 0 aliphatic carbocycles. The Kier molecular flexibility index (Phi) is 3.66. The van der Waals surface area contributed by atoms with Gasteiger partial charge in [-0.2, -0.15) is 0 Å². The van der Waals surface area contributed by atoms with Gasteiger partial charge in [0.2, 0.25) is 0 Å². The number of hydrogen-bond acceptors (Lipinski definition) is 3. The third-order valence-electron chi connectivity index (χ3n) is 2.86. The summed E-state index contributed by atoms with van der Waals surface area (Å²) in [6.07, 6.45) is 4.54. The molecular weight excluding hydrogens is 248 g/mol. The summed E-state index contributed by atoms with van der Waals surface area (Å²) in [4.78, 5) is 13.2. The summed E-state index contributed by atoms with van der Waals surface area (Å²) in [6.45, 7) is 8.11. The standard InChI is InChI=1S/C13H17ClN4/c1-5-10-15-6-7-18(10)13-9(4)11(14)16-12(17-13)8(2)3/h6-8H,5H2,1-4H3. The molecule has 0 radical (unpaired) electrons. The molecular formula is C13H17ClN4. The molecule has 5 heteroatoms. The quantitative estimate of drug-likeness (QED) is 0.799. The number of rotatable bonds is 3. The first kappa shape index (κ1) is 13.0. The molecule has 96 valence electrons. The van der Waals surface area contributed by atoms with Gasteiger partial charge in [-0.05, 0) is 6.92 Å². The maximum atomic E-state index is 6.19. The molecule has 0 bridgehead atoms. The van der Waals surface area contributed by atoms with Crippen molar-refractivity contribution >= 4 is 11.6 Å². The maximum Gasteiger partial charge on any atom is 0.146 e. The Morgan fingerprint density at radius 2 is 2.06 bits per heavy atom. The zero-order valence-corrected chi connectivity index (χ0v) is 11.9. The molecule has 0 saturated heterocycles. The molecule has 0 N–H and O–H groups in total. The molecule has 2 rings (SSSR count). The minimum atomic E-state index is 0.246. The Bertz CT molecular complexity index is 560. The molecule has 2 heterocycles. The molecule has 0 fully saturated rings. The van der Waals surface area contributed by atoms with Gasteiger partial charge in [0.05, 0.1) is 0 Å². The minimum absolute atomic E-state index is 0.246. The van der Waals surface area contributed by atoms with Gasteiger partial charge in [-0.3, -0.25) is 4.57 Å². The van der Waals surface area contributed by atoms with E-state index in [0.29, 0.717) is 5.15 Å². The van der Waals surface area contributed by atoms with Gasteiger partial charge in [-0.1, -0.05) is 32.4 Å². The van der Waals surface area contributed by atoms with Crippen LogP contribution in [0.2, 0.25) is 5.15 Å². The lowest BCUT2D eigenvalue weighted by molar-refractivity contribution is 0.749. The Morgan fingerprint density at radius 1 is 1.33 bits per heavy atom. The lowest BCUT2D eigenvalue weighted by Crippen LogP contribution is -2.09. The van der Waals surface area contributed by atoms with Crippen LogP contribution in [0.15, 0.2) is 12.4 Å². The first-order valence-electron chi connectivity index (χ1n) is 6.11. The van der Waals surface area contributed by atoms with E-state index in [0.717, 1.165) is 29.5 Å². The van der Waals surface area contributed by atoms with Crippen molar-refractivity contribution in [2.75, 3.05) is 0 Å². The number of hydrogen-bond donors (Lipinski definition) is 0. The average Bonchev–Trinajstić information content (AvgIpc) is 2.80. The first-order chi connectivity index (χ1) is 8.54. The second-order valence-corrected chi connectivity index (χ2v) is 4.90. The van der Waals surface area contributed by atoms with Crippen LogP contribution >= 0.6 is 11.6 Å². The van der Waals surface area contributed by atoms with Crippen LogP contribution < -0.4 is 0 Å². The van der Waals surface area contributed by atoms with Crippen molar-refractivity contribution in [2.45, 2.75) is 40.0 Å². The third kappa shape index (κ3) is 2.25. The third-order valence-corrected chi connectivity index (χ3v) is 3.22. The molecule has 0 unspecified atom stereocenters. The Hall–Kier alpha value is -1.42. The lowest BCUT2D eigenvalue weighted by Gasteiger charge is -2.13. The van der Waals surface area contributed by atoms with Gasteiger partial charge in [-0.15, -0.1) is 0 Å². The van der Waals surface area contributed by atoms with E-state index in [1.54, 1.807) is 6.20 Å². The SMILES string of the molecule is CCc1nccn1-c1nc(C(C)C)nc(Cl)c1C. The van der Waals surface area contributed by atoms with Gasteiger partial charge in [0, 0.05) is 30.3 Å². The number of halogens is 1. The van der Waals surface area contributed by atoms with Crippen LogP contribution in [0.3, 0.4) is 0 Å². The Balaban J connectivity index is 2.63. The van der Waals surface area contributed by atoms with E-state index in [9.17, 15) is 0 Å². The smallest absolute Gasteiger partial charge is 0.146 e.